The van der Waals surface area contributed by atoms with Crippen molar-refractivity contribution in [2.45, 2.75) is 44.7 Å². The second-order valence-corrected chi connectivity index (χ2v) is 10.5. The van der Waals surface area contributed by atoms with E-state index in [0.717, 1.165) is 58.3 Å². The van der Waals surface area contributed by atoms with E-state index in [4.69, 9.17) is 4.98 Å². The minimum atomic E-state index is -0.378. The number of hydrogen-bond acceptors (Lipinski definition) is 5. The lowest BCUT2D eigenvalue weighted by molar-refractivity contribution is 0.102. The van der Waals surface area contributed by atoms with Gasteiger partial charge >= 0.3 is 0 Å². The Kier molecular flexibility index (Phi) is 5.93. The Morgan fingerprint density at radius 2 is 1.88 bits per heavy atom. The molecule has 2 aromatic heterocycles. The number of thiophene rings is 1. The highest BCUT2D eigenvalue weighted by Gasteiger charge is 2.24. The summed E-state index contributed by atoms with van der Waals surface area (Å²) < 4.78 is 14.9. The number of ketones is 1. The fourth-order valence-corrected chi connectivity index (χ4v) is 6.51. The predicted octanol–water partition coefficient (Wildman–Crippen LogP) is 6.06. The van der Waals surface area contributed by atoms with Crippen LogP contribution >= 0.6 is 23.1 Å². The molecule has 0 atom stereocenters. The Morgan fingerprint density at radius 3 is 2.67 bits per heavy atom. The third-order valence-electron chi connectivity index (χ3n) is 6.06. The molecule has 168 valence electrons. The van der Waals surface area contributed by atoms with Crippen molar-refractivity contribution in [3.05, 3.63) is 85.8 Å². The molecule has 0 aliphatic heterocycles. The van der Waals surface area contributed by atoms with Gasteiger partial charge in [-0.3, -0.25) is 14.2 Å². The van der Waals surface area contributed by atoms with Gasteiger partial charge in [-0.1, -0.05) is 23.9 Å². The molecule has 5 rings (SSSR count). The topological polar surface area (TPSA) is 52.0 Å². The molecule has 0 radical (unpaired) electrons. The third kappa shape index (κ3) is 4.15. The molecule has 0 saturated carbocycles. The molecule has 4 nitrogen and oxygen atoms in total. The van der Waals surface area contributed by atoms with Crippen molar-refractivity contribution >= 4 is 39.1 Å². The zero-order valence-electron chi connectivity index (χ0n) is 18.5. The van der Waals surface area contributed by atoms with E-state index in [1.807, 2.05) is 32.0 Å². The number of carbonyl (C=O) groups excluding carboxylic acids is 1. The van der Waals surface area contributed by atoms with Crippen molar-refractivity contribution in [1.29, 1.82) is 0 Å². The molecule has 0 unspecified atom stereocenters. The van der Waals surface area contributed by atoms with Crippen LogP contribution < -0.4 is 5.56 Å². The van der Waals surface area contributed by atoms with Gasteiger partial charge in [0.15, 0.2) is 10.9 Å². The summed E-state index contributed by atoms with van der Waals surface area (Å²) in [6.45, 7) is 3.98. The van der Waals surface area contributed by atoms with Crippen LogP contribution in [0.4, 0.5) is 4.39 Å². The van der Waals surface area contributed by atoms with Crippen molar-refractivity contribution in [3.8, 4) is 5.69 Å². The van der Waals surface area contributed by atoms with Crippen LogP contribution in [0, 0.1) is 19.7 Å². The maximum Gasteiger partial charge on any atom is 0.267 e. The molecule has 4 aromatic rings. The number of Topliss-reactive ketones (excluding diaryl/α,β-unsaturated/α-hetero) is 1. The molecule has 1 aliphatic carbocycles. The molecular weight excluding hydrogens is 455 g/mol. The highest BCUT2D eigenvalue weighted by atomic mass is 32.2. The second-order valence-electron chi connectivity index (χ2n) is 8.43. The summed E-state index contributed by atoms with van der Waals surface area (Å²) in [5.74, 6) is -0.399. The lowest BCUT2D eigenvalue weighted by atomic mass is 9.97. The van der Waals surface area contributed by atoms with Crippen molar-refractivity contribution < 1.29 is 9.18 Å². The quantitative estimate of drug-likeness (QED) is 0.199. The monoisotopic (exact) mass is 478 g/mol. The SMILES string of the molecule is Cc1ccc(C)c(-n2c(SCC(=O)c3ccc(F)cc3)nc3sc4c(c3c2=O)CCCC4)c1. The van der Waals surface area contributed by atoms with Gasteiger partial charge in [0.25, 0.3) is 5.56 Å². The molecule has 0 spiro atoms. The number of rotatable bonds is 5. The van der Waals surface area contributed by atoms with E-state index in [0.29, 0.717) is 10.7 Å². The van der Waals surface area contributed by atoms with Crippen LogP contribution in [0.5, 0.6) is 0 Å². The molecule has 0 amide bonds. The standard InChI is InChI=1S/C26H23FN2O2S2/c1-15-7-8-16(2)20(13-15)29-25(31)23-19-5-3-4-6-22(19)33-24(23)28-26(29)32-14-21(30)17-9-11-18(27)12-10-17/h7-13H,3-6,14H2,1-2H3. The molecule has 2 heterocycles. The number of benzene rings is 2. The maximum atomic E-state index is 13.9. The van der Waals surface area contributed by atoms with Crippen LogP contribution in [0.15, 0.2) is 52.4 Å². The third-order valence-corrected chi connectivity index (χ3v) is 8.19. The number of nitrogens with zero attached hydrogens (tertiary/aromatic N) is 2. The van der Waals surface area contributed by atoms with Gasteiger partial charge in [-0.25, -0.2) is 9.37 Å². The van der Waals surface area contributed by atoms with Gasteiger partial charge in [0.05, 0.1) is 16.8 Å². The molecule has 0 saturated heterocycles. The summed E-state index contributed by atoms with van der Waals surface area (Å²) in [6, 6.07) is 11.6. The molecular formula is C26H23FN2O2S2. The van der Waals surface area contributed by atoms with Gasteiger partial charge in [0, 0.05) is 10.4 Å². The Morgan fingerprint density at radius 1 is 1.12 bits per heavy atom. The Bertz CT molecular complexity index is 1440. The Balaban J connectivity index is 1.63. The highest BCUT2D eigenvalue weighted by molar-refractivity contribution is 7.99. The summed E-state index contributed by atoms with van der Waals surface area (Å²) in [6.07, 6.45) is 4.13. The first-order valence-corrected chi connectivity index (χ1v) is 12.8. The fourth-order valence-electron chi connectivity index (χ4n) is 4.31. The average Bonchev–Trinajstić information content (AvgIpc) is 3.18. The number of halogens is 1. The van der Waals surface area contributed by atoms with E-state index in [-0.39, 0.29) is 22.9 Å². The number of thioether (sulfide) groups is 1. The highest BCUT2D eigenvalue weighted by Crippen LogP contribution is 2.35. The zero-order chi connectivity index (χ0) is 23.1. The summed E-state index contributed by atoms with van der Waals surface area (Å²) >= 11 is 2.86. The number of carbonyl (C=O) groups is 1. The molecule has 2 aromatic carbocycles. The lowest BCUT2D eigenvalue weighted by Gasteiger charge is -2.16. The van der Waals surface area contributed by atoms with Gasteiger partial charge in [0.1, 0.15) is 10.6 Å². The van der Waals surface area contributed by atoms with Crippen LogP contribution in [-0.4, -0.2) is 21.1 Å². The predicted molar refractivity (Wildman–Crippen MR) is 133 cm³/mol. The van der Waals surface area contributed by atoms with E-state index in [1.54, 1.807) is 15.9 Å². The zero-order valence-corrected chi connectivity index (χ0v) is 20.1. The number of fused-ring (bicyclic) bond motifs is 3. The number of aromatic nitrogens is 2. The first-order valence-electron chi connectivity index (χ1n) is 11.0. The maximum absolute atomic E-state index is 13.9. The van der Waals surface area contributed by atoms with Crippen molar-refractivity contribution in [3.63, 3.8) is 0 Å². The summed E-state index contributed by atoms with van der Waals surface area (Å²) in [5.41, 5.74) is 4.34. The number of hydrogen-bond donors (Lipinski definition) is 0. The van der Waals surface area contributed by atoms with E-state index in [2.05, 4.69) is 0 Å². The van der Waals surface area contributed by atoms with Crippen molar-refractivity contribution in [2.75, 3.05) is 5.75 Å². The average molecular weight is 479 g/mol. The first-order chi connectivity index (χ1) is 15.9. The number of aryl methyl sites for hydroxylation is 4. The normalized spacial score (nSPS) is 13.3. The largest absolute Gasteiger partial charge is 0.293 e. The fraction of sp³-hybridized carbons (Fsp3) is 0.269. The van der Waals surface area contributed by atoms with Gasteiger partial charge in [-0.05, 0) is 86.6 Å². The molecule has 1 aliphatic rings. The van der Waals surface area contributed by atoms with Crippen LogP contribution in [0.1, 0.15) is 44.8 Å². The Labute approximate surface area is 199 Å². The van der Waals surface area contributed by atoms with E-state index < -0.39 is 0 Å². The van der Waals surface area contributed by atoms with E-state index in [9.17, 15) is 14.0 Å². The van der Waals surface area contributed by atoms with E-state index in [1.165, 1.54) is 40.9 Å². The van der Waals surface area contributed by atoms with Crippen molar-refractivity contribution in [2.24, 2.45) is 0 Å². The van der Waals surface area contributed by atoms with Crippen LogP contribution in [0.3, 0.4) is 0 Å². The molecule has 0 bridgehead atoms. The van der Waals surface area contributed by atoms with Gasteiger partial charge < -0.3 is 0 Å². The molecule has 0 N–H and O–H groups in total. The van der Waals surface area contributed by atoms with Gasteiger partial charge in [-0.2, -0.15) is 0 Å². The van der Waals surface area contributed by atoms with Crippen LogP contribution in [0.25, 0.3) is 15.9 Å². The minimum absolute atomic E-state index is 0.0650. The smallest absolute Gasteiger partial charge is 0.267 e. The molecule has 7 heteroatoms. The van der Waals surface area contributed by atoms with Gasteiger partial charge in [0.2, 0.25) is 0 Å². The lowest BCUT2D eigenvalue weighted by Crippen LogP contribution is -2.23. The van der Waals surface area contributed by atoms with Crippen LogP contribution in [-0.2, 0) is 12.8 Å². The minimum Gasteiger partial charge on any atom is -0.293 e. The first kappa shape index (κ1) is 22.0. The summed E-state index contributed by atoms with van der Waals surface area (Å²) in [5, 5.41) is 1.24. The van der Waals surface area contributed by atoms with E-state index >= 15 is 0 Å². The molecule has 0 fully saturated rings. The van der Waals surface area contributed by atoms with Crippen LogP contribution in [0.2, 0.25) is 0 Å². The summed E-state index contributed by atoms with van der Waals surface area (Å²) in [4.78, 5) is 33.6. The second kappa shape index (κ2) is 8.88. The Hall–Kier alpha value is -2.77. The summed E-state index contributed by atoms with van der Waals surface area (Å²) in [7, 11) is 0. The van der Waals surface area contributed by atoms with Gasteiger partial charge in [-0.15, -0.1) is 11.3 Å². The molecule has 33 heavy (non-hydrogen) atoms. The van der Waals surface area contributed by atoms with Crippen molar-refractivity contribution in [1.82, 2.24) is 9.55 Å².